The number of amides is 1. The van der Waals surface area contributed by atoms with E-state index in [-0.39, 0.29) is 12.0 Å². The Morgan fingerprint density at radius 2 is 2.27 bits per heavy atom. The maximum Gasteiger partial charge on any atom is 0.227 e. The number of ether oxygens (including phenoxy) is 1. The van der Waals surface area contributed by atoms with Gasteiger partial charge in [-0.05, 0) is 42.7 Å². The van der Waals surface area contributed by atoms with Crippen LogP contribution in [0.25, 0.3) is 0 Å². The second-order valence-corrected chi connectivity index (χ2v) is 7.47. The quantitative estimate of drug-likeness (QED) is 0.856. The maximum absolute atomic E-state index is 12.5. The monoisotopic (exact) mass is 322 g/mol. The molecule has 2 aliphatic rings. The molecule has 0 saturated carbocycles. The molecule has 0 bridgehead atoms. The van der Waals surface area contributed by atoms with E-state index in [1.807, 2.05) is 16.3 Å². The van der Waals surface area contributed by atoms with Crippen molar-refractivity contribution in [2.24, 2.45) is 5.92 Å². The SMILES string of the molecule is CC(C)N1CCO[C@H]2CN(C(=O)Cc3ccsc3)CC[C@@H]2C1. The summed E-state index contributed by atoms with van der Waals surface area (Å²) in [6, 6.07) is 2.61. The molecule has 0 spiro atoms. The van der Waals surface area contributed by atoms with Crippen LogP contribution in [0.15, 0.2) is 16.8 Å². The van der Waals surface area contributed by atoms with Crippen molar-refractivity contribution in [1.82, 2.24) is 9.80 Å². The van der Waals surface area contributed by atoms with E-state index in [2.05, 4.69) is 24.1 Å². The summed E-state index contributed by atoms with van der Waals surface area (Å²) in [4.78, 5) is 17.0. The fraction of sp³-hybridized carbons (Fsp3) is 0.706. The van der Waals surface area contributed by atoms with Crippen molar-refractivity contribution in [2.45, 2.75) is 38.8 Å². The van der Waals surface area contributed by atoms with Gasteiger partial charge in [-0.3, -0.25) is 9.69 Å². The average Bonchev–Trinajstić information content (AvgIpc) is 2.90. The first-order chi connectivity index (χ1) is 10.6. The topological polar surface area (TPSA) is 32.8 Å². The summed E-state index contributed by atoms with van der Waals surface area (Å²) in [6.07, 6.45) is 1.80. The second-order valence-electron chi connectivity index (χ2n) is 6.69. The molecule has 0 aromatic carbocycles. The van der Waals surface area contributed by atoms with Crippen LogP contribution < -0.4 is 0 Å². The van der Waals surface area contributed by atoms with Gasteiger partial charge in [-0.25, -0.2) is 0 Å². The summed E-state index contributed by atoms with van der Waals surface area (Å²) in [5.41, 5.74) is 1.13. The van der Waals surface area contributed by atoms with Crippen molar-refractivity contribution < 1.29 is 9.53 Å². The van der Waals surface area contributed by atoms with Gasteiger partial charge in [0.15, 0.2) is 0 Å². The van der Waals surface area contributed by atoms with Gasteiger partial charge in [0.05, 0.1) is 19.1 Å². The molecule has 4 nitrogen and oxygen atoms in total. The van der Waals surface area contributed by atoms with Crippen LogP contribution in [0.1, 0.15) is 25.8 Å². The van der Waals surface area contributed by atoms with Crippen LogP contribution in [0.5, 0.6) is 0 Å². The second kappa shape index (κ2) is 7.11. The van der Waals surface area contributed by atoms with Crippen LogP contribution in [-0.4, -0.2) is 60.6 Å². The van der Waals surface area contributed by atoms with Gasteiger partial charge in [0.2, 0.25) is 5.91 Å². The van der Waals surface area contributed by atoms with E-state index >= 15 is 0 Å². The summed E-state index contributed by atoms with van der Waals surface area (Å²) in [5.74, 6) is 0.806. The lowest BCUT2D eigenvalue weighted by Crippen LogP contribution is -2.49. The van der Waals surface area contributed by atoms with Gasteiger partial charge >= 0.3 is 0 Å². The first kappa shape index (κ1) is 16.0. The number of rotatable bonds is 3. The van der Waals surface area contributed by atoms with Crippen LogP contribution in [0.3, 0.4) is 0 Å². The van der Waals surface area contributed by atoms with Crippen LogP contribution in [-0.2, 0) is 16.0 Å². The highest BCUT2D eigenvalue weighted by atomic mass is 32.1. The van der Waals surface area contributed by atoms with Gasteiger partial charge in [0.25, 0.3) is 0 Å². The number of fused-ring (bicyclic) bond motifs is 1. The molecule has 22 heavy (non-hydrogen) atoms. The smallest absolute Gasteiger partial charge is 0.227 e. The van der Waals surface area contributed by atoms with E-state index in [1.54, 1.807) is 11.3 Å². The van der Waals surface area contributed by atoms with Gasteiger partial charge in [0, 0.05) is 38.1 Å². The minimum atomic E-state index is 0.212. The van der Waals surface area contributed by atoms with Crippen LogP contribution in [0.4, 0.5) is 0 Å². The molecule has 0 radical (unpaired) electrons. The van der Waals surface area contributed by atoms with Gasteiger partial charge in [-0.2, -0.15) is 11.3 Å². The zero-order valence-corrected chi connectivity index (χ0v) is 14.3. The number of hydrogen-bond acceptors (Lipinski definition) is 4. The minimum absolute atomic E-state index is 0.212. The van der Waals surface area contributed by atoms with Crippen molar-refractivity contribution in [3.05, 3.63) is 22.4 Å². The molecule has 1 aromatic heterocycles. The largest absolute Gasteiger partial charge is 0.375 e. The van der Waals surface area contributed by atoms with Gasteiger partial charge in [0.1, 0.15) is 0 Å². The van der Waals surface area contributed by atoms with Crippen LogP contribution >= 0.6 is 11.3 Å². The molecular formula is C17H26N2O2S. The number of hydrogen-bond donors (Lipinski definition) is 0. The van der Waals surface area contributed by atoms with Crippen LogP contribution in [0.2, 0.25) is 0 Å². The highest BCUT2D eigenvalue weighted by Crippen LogP contribution is 2.25. The third-order valence-corrected chi connectivity index (χ3v) is 5.63. The Bertz CT molecular complexity index is 489. The van der Waals surface area contributed by atoms with Crippen molar-refractivity contribution in [2.75, 3.05) is 32.8 Å². The Hall–Kier alpha value is -0.910. The molecule has 2 fully saturated rings. The first-order valence-electron chi connectivity index (χ1n) is 8.28. The van der Waals surface area contributed by atoms with Gasteiger partial charge < -0.3 is 9.64 Å². The third kappa shape index (κ3) is 3.70. The zero-order chi connectivity index (χ0) is 15.5. The third-order valence-electron chi connectivity index (χ3n) is 4.89. The molecule has 0 aliphatic carbocycles. The molecule has 3 rings (SSSR count). The number of piperidine rings is 1. The van der Waals surface area contributed by atoms with Gasteiger partial charge in [-0.1, -0.05) is 0 Å². The molecule has 1 amide bonds. The number of thiophene rings is 1. The fourth-order valence-electron chi connectivity index (χ4n) is 3.45. The molecule has 2 saturated heterocycles. The average molecular weight is 322 g/mol. The predicted octanol–water partition coefficient (Wildman–Crippen LogP) is 2.25. The molecule has 1 aromatic rings. The van der Waals surface area contributed by atoms with E-state index in [0.29, 0.717) is 18.4 Å². The highest BCUT2D eigenvalue weighted by molar-refractivity contribution is 7.07. The summed E-state index contributed by atoms with van der Waals surface area (Å²) in [6.45, 7) is 9.03. The Balaban J connectivity index is 1.58. The summed E-state index contributed by atoms with van der Waals surface area (Å²) < 4.78 is 6.07. The molecule has 0 unspecified atom stereocenters. The maximum atomic E-state index is 12.5. The van der Waals surface area contributed by atoms with E-state index < -0.39 is 0 Å². The molecule has 3 heterocycles. The van der Waals surface area contributed by atoms with Crippen molar-refractivity contribution in [1.29, 1.82) is 0 Å². The lowest BCUT2D eigenvalue weighted by Gasteiger charge is -2.38. The standard InChI is InChI=1S/C17H26N2O2S/c1-13(2)18-6-7-21-16-11-19(5-3-15(16)10-18)17(20)9-14-4-8-22-12-14/h4,8,12-13,15-16H,3,5-7,9-11H2,1-2H3/t15-,16+/m1/s1. The van der Waals surface area contributed by atoms with Crippen molar-refractivity contribution in [3.63, 3.8) is 0 Å². The van der Waals surface area contributed by atoms with E-state index in [0.717, 1.165) is 44.8 Å². The number of carbonyl (C=O) groups is 1. The Morgan fingerprint density at radius 3 is 3.00 bits per heavy atom. The first-order valence-corrected chi connectivity index (χ1v) is 9.22. The lowest BCUT2D eigenvalue weighted by atomic mass is 9.92. The minimum Gasteiger partial charge on any atom is -0.375 e. The Kier molecular flexibility index (Phi) is 5.16. The van der Waals surface area contributed by atoms with Gasteiger partial charge in [-0.15, -0.1) is 0 Å². The Morgan fingerprint density at radius 1 is 1.41 bits per heavy atom. The van der Waals surface area contributed by atoms with E-state index in [9.17, 15) is 4.79 Å². The predicted molar refractivity (Wildman–Crippen MR) is 89.2 cm³/mol. The van der Waals surface area contributed by atoms with E-state index in [1.165, 1.54) is 0 Å². The number of nitrogens with zero attached hydrogens (tertiary/aromatic N) is 2. The number of carbonyl (C=O) groups excluding carboxylic acids is 1. The normalized spacial score (nSPS) is 26.8. The summed E-state index contributed by atoms with van der Waals surface area (Å²) in [7, 11) is 0. The van der Waals surface area contributed by atoms with Crippen molar-refractivity contribution in [3.8, 4) is 0 Å². The molecular weight excluding hydrogens is 296 g/mol. The molecule has 2 aliphatic heterocycles. The Labute approximate surface area is 137 Å². The molecule has 0 N–H and O–H groups in total. The molecule has 122 valence electrons. The molecule has 2 atom stereocenters. The summed E-state index contributed by atoms with van der Waals surface area (Å²) in [5, 5.41) is 4.09. The lowest BCUT2D eigenvalue weighted by molar-refractivity contribution is -0.136. The van der Waals surface area contributed by atoms with Crippen molar-refractivity contribution >= 4 is 17.2 Å². The fourth-order valence-corrected chi connectivity index (χ4v) is 4.12. The van der Waals surface area contributed by atoms with Crippen LogP contribution in [0, 0.1) is 5.92 Å². The molecule has 5 heteroatoms. The summed E-state index contributed by atoms with van der Waals surface area (Å²) >= 11 is 1.65. The number of likely N-dealkylation sites (tertiary alicyclic amines) is 1. The van der Waals surface area contributed by atoms with E-state index in [4.69, 9.17) is 4.74 Å². The highest BCUT2D eigenvalue weighted by Gasteiger charge is 2.35. The zero-order valence-electron chi connectivity index (χ0n) is 13.5.